The first-order chi connectivity index (χ1) is 2.27. The van der Waals surface area contributed by atoms with Crippen molar-refractivity contribution in [1.29, 1.82) is 0 Å². The molecule has 5 heteroatoms. The molecule has 7 radical (unpaired) electrons. The van der Waals surface area contributed by atoms with E-state index in [9.17, 15) is 4.79 Å². The Morgan fingerprint density at radius 2 is 1.86 bits per heavy atom. The lowest BCUT2D eigenvalue weighted by Gasteiger charge is -1.56. The van der Waals surface area contributed by atoms with Crippen LogP contribution in [0, 0.1) is 0 Å². The molecule has 35 valence electrons. The summed E-state index contributed by atoms with van der Waals surface area (Å²) in [6.45, 7) is 0. The van der Waals surface area contributed by atoms with Crippen molar-refractivity contribution in [3.8, 4) is 0 Å². The standard InChI is InChI=1S/C2H3O2.2Mg.H2O.2H/c1-2(3)4;;;;;/h1H2,(H,3,4);;;1H2;;/q;;+2;;;. The summed E-state index contributed by atoms with van der Waals surface area (Å²) in [6, 6.07) is 0. The molecule has 3 nitrogen and oxygen atoms in total. The van der Waals surface area contributed by atoms with Gasteiger partial charge in [0, 0.05) is 0 Å². The summed E-state index contributed by atoms with van der Waals surface area (Å²) in [5.41, 5.74) is 0. The van der Waals surface area contributed by atoms with Gasteiger partial charge in [0.1, 0.15) is 0 Å². The molecule has 0 unspecified atom stereocenters. The molecule has 7 heavy (non-hydrogen) atoms. The van der Waals surface area contributed by atoms with Crippen LogP contribution in [0.2, 0.25) is 4.55 Å². The zero-order chi connectivity index (χ0) is 4.28. The van der Waals surface area contributed by atoms with Crippen molar-refractivity contribution in [2.75, 3.05) is 0 Å². The maximum Gasteiger partial charge on any atom is 1.43 e. The maximum atomic E-state index is 9.38. The van der Waals surface area contributed by atoms with E-state index >= 15 is 0 Å². The van der Waals surface area contributed by atoms with Crippen LogP contribution in [-0.2, 0) is 4.79 Å². The molecule has 3 N–H and O–H groups in total. The third-order valence-corrected chi connectivity index (χ3v) is 0.642. The molecule has 0 aliphatic heterocycles. The molecular weight excluding hydrogens is 121 g/mol. The van der Waals surface area contributed by atoms with Crippen LogP contribution in [0.3, 0.4) is 0 Å². The van der Waals surface area contributed by atoms with Gasteiger partial charge in [-0.05, 0) is 0 Å². The first kappa shape index (κ1) is 15.7. The number of hydrogen-bond donors (Lipinski definition) is 1. The highest BCUT2D eigenvalue weighted by atomic mass is 24.4. The van der Waals surface area contributed by atoms with Gasteiger partial charge < -0.3 is 10.6 Å². The first-order valence-electron chi connectivity index (χ1n) is 1.28. The number of hydrogen-bond acceptors (Lipinski definition) is 1. The van der Waals surface area contributed by atoms with Crippen molar-refractivity contribution in [2.24, 2.45) is 0 Å². The van der Waals surface area contributed by atoms with Crippen molar-refractivity contribution in [3.63, 3.8) is 0 Å². The fourth-order valence-corrected chi connectivity index (χ4v) is 0. The van der Waals surface area contributed by atoms with Gasteiger partial charge in [0.15, 0.2) is 0 Å². The third kappa shape index (κ3) is 19.5. The molecule has 0 aromatic heterocycles. The van der Waals surface area contributed by atoms with Gasteiger partial charge in [-0.15, -0.1) is 0 Å². The van der Waals surface area contributed by atoms with E-state index in [0.29, 0.717) is 0 Å². The predicted molar refractivity (Wildman–Crippen MR) is 30.4 cm³/mol. The SMILES string of the molecule is O.O=C(O)[CH2][Mg+2].[MgH2]. The molecule has 0 spiro atoms. The summed E-state index contributed by atoms with van der Waals surface area (Å²) in [4.78, 5) is 9.38. The summed E-state index contributed by atoms with van der Waals surface area (Å²) in [6.07, 6.45) is 0. The lowest BCUT2D eigenvalue weighted by molar-refractivity contribution is -0.134. The number of aliphatic carboxylic acids is 1. The number of rotatable bonds is 1. The van der Waals surface area contributed by atoms with Gasteiger partial charge in [0.2, 0.25) is 0 Å². The molecule has 0 aliphatic rings. The highest BCUT2D eigenvalue weighted by Crippen LogP contribution is 1.63. The van der Waals surface area contributed by atoms with Crippen molar-refractivity contribution >= 4 is 50.7 Å². The summed E-state index contributed by atoms with van der Waals surface area (Å²) in [5.74, 6) is -0.733. The Morgan fingerprint density at radius 1 is 1.71 bits per heavy atom. The Labute approximate surface area is 70.4 Å². The topological polar surface area (TPSA) is 68.8 Å². The minimum atomic E-state index is -0.733. The second kappa shape index (κ2) is 10.1. The van der Waals surface area contributed by atoms with Crippen LogP contribution in [0.1, 0.15) is 0 Å². The van der Waals surface area contributed by atoms with Crippen LogP contribution in [0.5, 0.6) is 0 Å². The average Bonchev–Trinajstić information content (AvgIpc) is 1.38. The van der Waals surface area contributed by atoms with Crippen LogP contribution in [0.25, 0.3) is 0 Å². The Kier molecular flexibility index (Phi) is 22.5. The van der Waals surface area contributed by atoms with E-state index in [1.165, 1.54) is 21.7 Å². The Hall–Kier alpha value is 0.962. The predicted octanol–water partition coefficient (Wildman–Crippen LogP) is -2.08. The smallest absolute Gasteiger partial charge is 0.476 e. The highest BCUT2D eigenvalue weighted by Gasteiger charge is 2.28. The first-order valence-corrected chi connectivity index (χ1v) is 2.28. The highest BCUT2D eigenvalue weighted by molar-refractivity contribution is 6.18. The van der Waals surface area contributed by atoms with Crippen molar-refractivity contribution < 1.29 is 15.4 Å². The van der Waals surface area contributed by atoms with Crippen LogP contribution in [0.15, 0.2) is 0 Å². The Balaban J connectivity index is -0.0000000800. The van der Waals surface area contributed by atoms with Crippen molar-refractivity contribution in [3.05, 3.63) is 0 Å². The fourth-order valence-electron chi connectivity index (χ4n) is 0. The zero-order valence-electron chi connectivity index (χ0n) is 3.27. The fraction of sp³-hybridized carbons (Fsp3) is 0.500. The average molecular weight is 128 g/mol. The van der Waals surface area contributed by atoms with Gasteiger partial charge in [0.05, 0.1) is 0 Å². The lowest BCUT2D eigenvalue weighted by Crippen LogP contribution is -1.89. The molecule has 0 amide bonds. The Morgan fingerprint density at radius 3 is 1.86 bits per heavy atom. The lowest BCUT2D eigenvalue weighted by atomic mass is 10.8. The summed E-state index contributed by atoms with van der Waals surface area (Å²) in [7, 11) is 0. The summed E-state index contributed by atoms with van der Waals surface area (Å²) < 4.78 is 0.250. The van der Waals surface area contributed by atoms with Crippen LogP contribution >= 0.6 is 0 Å². The largest absolute Gasteiger partial charge is 1.43 e. The molecule has 0 atom stereocenters. The molecule has 0 saturated heterocycles. The molecule has 0 heterocycles. The molecular formula is C2H7Mg2O3+2. The van der Waals surface area contributed by atoms with Crippen LogP contribution < -0.4 is 0 Å². The quantitative estimate of drug-likeness (QED) is 0.411. The van der Waals surface area contributed by atoms with Gasteiger partial charge in [0.25, 0.3) is 0 Å². The molecule has 0 fully saturated rings. The molecule has 0 aromatic rings. The number of carboxylic acids is 1. The van der Waals surface area contributed by atoms with Gasteiger partial charge in [-0.1, -0.05) is 0 Å². The second-order valence-electron chi connectivity index (χ2n) is 0.644. The number of carboxylic acid groups (broad SMARTS) is 1. The van der Waals surface area contributed by atoms with Gasteiger partial charge in [-0.2, -0.15) is 0 Å². The van der Waals surface area contributed by atoms with Crippen LogP contribution in [0.4, 0.5) is 0 Å². The molecule has 0 aromatic carbocycles. The van der Waals surface area contributed by atoms with E-state index in [2.05, 4.69) is 0 Å². The molecule has 0 aliphatic carbocycles. The second-order valence-corrected chi connectivity index (χ2v) is 1.14. The van der Waals surface area contributed by atoms with Gasteiger partial charge in [-0.25, -0.2) is 4.79 Å². The normalized spacial score (nSPS) is 5.29. The van der Waals surface area contributed by atoms with Crippen LogP contribution in [-0.4, -0.2) is 61.3 Å². The van der Waals surface area contributed by atoms with Gasteiger partial charge in [-0.3, -0.25) is 0 Å². The van der Waals surface area contributed by atoms with Gasteiger partial charge >= 0.3 is 55.3 Å². The minimum absolute atomic E-state index is 0. The van der Waals surface area contributed by atoms with E-state index in [4.69, 9.17) is 5.11 Å². The summed E-state index contributed by atoms with van der Waals surface area (Å²) in [5, 5.41) is 7.73. The monoisotopic (exact) mass is 127 g/mol. The van der Waals surface area contributed by atoms with E-state index in [1.807, 2.05) is 0 Å². The van der Waals surface area contributed by atoms with Crippen molar-refractivity contribution in [1.82, 2.24) is 0 Å². The minimum Gasteiger partial charge on any atom is -0.476 e. The zero-order valence-corrected chi connectivity index (χ0v) is 4.68. The maximum absolute atomic E-state index is 9.38. The van der Waals surface area contributed by atoms with E-state index in [-0.39, 0.29) is 33.1 Å². The molecule has 0 bridgehead atoms. The van der Waals surface area contributed by atoms with E-state index in [1.54, 1.807) is 0 Å². The number of carbonyl (C=O) groups is 1. The third-order valence-electron chi connectivity index (χ3n) is 0.214. The van der Waals surface area contributed by atoms with E-state index < -0.39 is 5.97 Å². The molecule has 0 rings (SSSR count). The Bertz CT molecular complexity index is 46.2. The van der Waals surface area contributed by atoms with E-state index in [0.717, 1.165) is 0 Å². The molecule has 0 saturated carbocycles. The summed E-state index contributed by atoms with van der Waals surface area (Å²) >= 11 is 1.43. The van der Waals surface area contributed by atoms with Crippen molar-refractivity contribution in [2.45, 2.75) is 4.55 Å².